The third-order valence-electron chi connectivity index (χ3n) is 5.83. The van der Waals surface area contributed by atoms with E-state index in [0.29, 0.717) is 5.92 Å². The smallest absolute Gasteiger partial charge is 0.314 e. The Hall–Kier alpha value is -2.30. The lowest BCUT2D eigenvalue weighted by Gasteiger charge is -2.61. The predicted molar refractivity (Wildman–Crippen MR) is 98.3 cm³/mol. The number of nitrogens with zero attached hydrogens (tertiary/aromatic N) is 3. The summed E-state index contributed by atoms with van der Waals surface area (Å²) in [7, 11) is 0. The molecule has 0 unspecified atom stereocenters. The number of nitrogens with one attached hydrogen (secondary N) is 1. The minimum Gasteiger partial charge on any atom is -0.314 e. The second-order valence-electron chi connectivity index (χ2n) is 7.21. The number of hydrogen-bond acceptors (Lipinski definition) is 2. The minimum absolute atomic E-state index is 0.000133. The molecule has 5 heteroatoms. The topological polar surface area (TPSA) is 50.2 Å². The van der Waals surface area contributed by atoms with Crippen molar-refractivity contribution in [2.45, 2.75) is 51.1 Å². The molecule has 25 heavy (non-hydrogen) atoms. The van der Waals surface area contributed by atoms with Gasteiger partial charge >= 0.3 is 6.03 Å². The lowest BCUT2D eigenvalue weighted by Crippen LogP contribution is -2.68. The van der Waals surface area contributed by atoms with Crippen molar-refractivity contribution in [2.75, 3.05) is 11.9 Å². The first-order valence-electron chi connectivity index (χ1n) is 9.41. The fourth-order valence-corrected chi connectivity index (χ4v) is 4.63. The Kier molecular flexibility index (Phi) is 4.24. The number of aryl methyl sites for hydroxylation is 1. The normalized spacial score (nSPS) is 25.2. The second-order valence-corrected chi connectivity index (χ2v) is 7.21. The molecule has 4 rings (SSSR count). The third-order valence-corrected chi connectivity index (χ3v) is 5.83. The highest BCUT2D eigenvalue weighted by atomic mass is 16.2. The Morgan fingerprint density at radius 1 is 1.28 bits per heavy atom. The summed E-state index contributed by atoms with van der Waals surface area (Å²) in [6, 6.07) is 12.4. The van der Waals surface area contributed by atoms with Gasteiger partial charge in [0.15, 0.2) is 0 Å². The van der Waals surface area contributed by atoms with Crippen molar-refractivity contribution in [3.63, 3.8) is 0 Å². The lowest BCUT2D eigenvalue weighted by atomic mass is 9.62. The number of benzene rings is 1. The molecule has 2 heterocycles. The van der Waals surface area contributed by atoms with E-state index in [9.17, 15) is 4.79 Å². The molecule has 0 spiro atoms. The molecule has 1 aliphatic heterocycles. The summed E-state index contributed by atoms with van der Waals surface area (Å²) in [5.41, 5.74) is 1.15. The van der Waals surface area contributed by atoms with Crippen LogP contribution in [0.25, 0.3) is 0 Å². The Morgan fingerprint density at radius 3 is 2.88 bits per heavy atom. The van der Waals surface area contributed by atoms with Crippen molar-refractivity contribution in [3.05, 3.63) is 48.2 Å². The van der Waals surface area contributed by atoms with Gasteiger partial charge in [-0.05, 0) is 24.8 Å². The molecule has 1 aromatic carbocycles. The Morgan fingerprint density at radius 2 is 2.12 bits per heavy atom. The second kappa shape index (κ2) is 6.54. The van der Waals surface area contributed by atoms with Crippen molar-refractivity contribution >= 4 is 11.8 Å². The van der Waals surface area contributed by atoms with E-state index < -0.39 is 0 Å². The summed E-state index contributed by atoms with van der Waals surface area (Å²) in [6.07, 6.45) is 7.47. The van der Waals surface area contributed by atoms with Gasteiger partial charge in [-0.15, -0.1) is 0 Å². The number of anilines is 1. The number of carbonyl (C=O) groups excluding carboxylic acids is 1. The van der Waals surface area contributed by atoms with Gasteiger partial charge in [0, 0.05) is 25.1 Å². The van der Waals surface area contributed by atoms with Crippen LogP contribution in [0.15, 0.2) is 42.6 Å². The van der Waals surface area contributed by atoms with Gasteiger partial charge in [-0.2, -0.15) is 5.10 Å². The van der Waals surface area contributed by atoms with Gasteiger partial charge < -0.3 is 4.90 Å². The molecule has 1 N–H and O–H groups in total. The maximum absolute atomic E-state index is 13.1. The van der Waals surface area contributed by atoms with Gasteiger partial charge in [0.1, 0.15) is 5.82 Å². The minimum atomic E-state index is -0.126. The number of rotatable bonds is 4. The number of hydrogen-bond donors (Lipinski definition) is 1. The summed E-state index contributed by atoms with van der Waals surface area (Å²) >= 11 is 0. The van der Waals surface area contributed by atoms with E-state index in [2.05, 4.69) is 46.5 Å². The molecule has 2 aromatic rings. The highest BCUT2D eigenvalue weighted by molar-refractivity contribution is 5.90. The maximum Gasteiger partial charge on any atom is 0.323 e. The molecule has 0 radical (unpaired) electrons. The Bertz CT molecular complexity index is 741. The van der Waals surface area contributed by atoms with Crippen molar-refractivity contribution in [2.24, 2.45) is 5.92 Å². The molecule has 2 aliphatic rings. The number of aromatic nitrogens is 2. The molecular weight excluding hydrogens is 312 g/mol. The summed E-state index contributed by atoms with van der Waals surface area (Å²) in [5.74, 6) is 1.37. The summed E-state index contributed by atoms with van der Waals surface area (Å²) in [4.78, 5) is 15.1. The van der Waals surface area contributed by atoms with E-state index in [0.717, 1.165) is 31.7 Å². The summed E-state index contributed by atoms with van der Waals surface area (Å²) in [5, 5.41) is 7.39. The number of carbonyl (C=O) groups is 1. The zero-order chi connectivity index (χ0) is 17.3. The highest BCUT2D eigenvalue weighted by Crippen LogP contribution is 2.53. The lowest BCUT2D eigenvalue weighted by molar-refractivity contribution is -0.0756. The van der Waals surface area contributed by atoms with E-state index in [-0.39, 0.29) is 11.6 Å². The molecule has 0 bridgehead atoms. The zero-order valence-electron chi connectivity index (χ0n) is 14.8. The van der Waals surface area contributed by atoms with Crippen LogP contribution in [0.3, 0.4) is 0 Å². The van der Waals surface area contributed by atoms with Crippen molar-refractivity contribution in [3.8, 4) is 0 Å². The van der Waals surface area contributed by atoms with E-state index in [1.165, 1.54) is 24.8 Å². The van der Waals surface area contributed by atoms with E-state index in [1.807, 2.05) is 16.8 Å². The van der Waals surface area contributed by atoms with Gasteiger partial charge in [-0.25, -0.2) is 9.48 Å². The van der Waals surface area contributed by atoms with Crippen molar-refractivity contribution in [1.82, 2.24) is 14.7 Å². The third kappa shape index (κ3) is 2.62. The molecule has 1 saturated heterocycles. The predicted octanol–water partition coefficient (Wildman–Crippen LogP) is 4.23. The van der Waals surface area contributed by atoms with Crippen LogP contribution in [0, 0.1) is 5.92 Å². The number of urea groups is 1. The average molecular weight is 338 g/mol. The zero-order valence-corrected chi connectivity index (χ0v) is 14.8. The van der Waals surface area contributed by atoms with Gasteiger partial charge in [0.25, 0.3) is 0 Å². The molecule has 1 saturated carbocycles. The van der Waals surface area contributed by atoms with Crippen LogP contribution in [-0.4, -0.2) is 27.3 Å². The van der Waals surface area contributed by atoms with Crippen LogP contribution in [0.2, 0.25) is 0 Å². The molecule has 2 amide bonds. The first kappa shape index (κ1) is 16.2. The highest BCUT2D eigenvalue weighted by Gasteiger charge is 2.57. The van der Waals surface area contributed by atoms with E-state index in [1.54, 1.807) is 6.20 Å². The van der Waals surface area contributed by atoms with Crippen LogP contribution in [0.5, 0.6) is 0 Å². The largest absolute Gasteiger partial charge is 0.323 e. The monoisotopic (exact) mass is 338 g/mol. The first-order valence-corrected chi connectivity index (χ1v) is 9.41. The first-order chi connectivity index (χ1) is 12.3. The molecule has 1 aromatic heterocycles. The SMILES string of the molecule is CCCn1nccc1NC(=O)N1C[C@H]2CCCC[C@@]21c1ccccc1. The van der Waals surface area contributed by atoms with Gasteiger partial charge in [0.05, 0.1) is 11.7 Å². The molecule has 5 nitrogen and oxygen atoms in total. The van der Waals surface area contributed by atoms with Crippen molar-refractivity contribution < 1.29 is 4.79 Å². The number of likely N-dealkylation sites (tertiary alicyclic amines) is 1. The van der Waals surface area contributed by atoms with Crippen LogP contribution in [0.4, 0.5) is 10.6 Å². The average Bonchev–Trinajstić information content (AvgIpc) is 3.04. The van der Waals surface area contributed by atoms with Gasteiger partial charge in [0.2, 0.25) is 0 Å². The number of amides is 2. The van der Waals surface area contributed by atoms with Crippen LogP contribution in [0.1, 0.15) is 44.6 Å². The Labute approximate surface area is 149 Å². The van der Waals surface area contributed by atoms with Gasteiger partial charge in [-0.1, -0.05) is 50.1 Å². The number of fused-ring (bicyclic) bond motifs is 1. The van der Waals surface area contributed by atoms with E-state index >= 15 is 0 Å². The molecule has 2 fully saturated rings. The molecule has 1 aliphatic carbocycles. The van der Waals surface area contributed by atoms with Gasteiger partial charge in [-0.3, -0.25) is 5.32 Å². The standard InChI is InChI=1S/C20H26N4O/c1-2-14-24-18(11-13-21-24)22-19(25)23-15-17-10-6-7-12-20(17,23)16-8-4-3-5-9-16/h3-5,8-9,11,13,17H,2,6-7,10,12,14-15H2,1H3,(H,22,25)/t17-,20-/m1/s1. The van der Waals surface area contributed by atoms with E-state index in [4.69, 9.17) is 0 Å². The summed E-state index contributed by atoms with van der Waals surface area (Å²) < 4.78 is 1.87. The molecule has 2 atom stereocenters. The van der Waals surface area contributed by atoms with Crippen LogP contribution in [-0.2, 0) is 12.1 Å². The maximum atomic E-state index is 13.1. The van der Waals surface area contributed by atoms with Crippen LogP contribution < -0.4 is 5.32 Å². The fraction of sp³-hybridized carbons (Fsp3) is 0.500. The Balaban J connectivity index is 1.59. The molecular formula is C20H26N4O. The fourth-order valence-electron chi connectivity index (χ4n) is 4.63. The quantitative estimate of drug-likeness (QED) is 0.907. The summed E-state index contributed by atoms with van der Waals surface area (Å²) in [6.45, 7) is 3.78. The van der Waals surface area contributed by atoms with Crippen LogP contribution >= 0.6 is 0 Å². The van der Waals surface area contributed by atoms with Crippen molar-refractivity contribution in [1.29, 1.82) is 0 Å². The molecule has 132 valence electrons.